The van der Waals surface area contributed by atoms with Crippen molar-refractivity contribution < 1.29 is 19.4 Å². The average Bonchev–Trinajstić information content (AvgIpc) is 2.23. The first-order chi connectivity index (χ1) is 6.88. The van der Waals surface area contributed by atoms with E-state index in [9.17, 15) is 14.7 Å². The highest BCUT2D eigenvalue weighted by molar-refractivity contribution is 5.97. The van der Waals surface area contributed by atoms with Crippen LogP contribution in [0.3, 0.4) is 0 Å². The Morgan fingerprint density at radius 1 is 1.47 bits per heavy atom. The Labute approximate surface area is 89.6 Å². The number of ether oxygens (including phenoxy) is 1. The lowest BCUT2D eigenvalue weighted by Crippen LogP contribution is -2.47. The fraction of sp³-hybridized carbons (Fsp3) is 0.800. The standard InChI is InChI=1S/C10H19NO4/c1-4-7(11)6-15-9(14)10(3,5-2)8(12)13/h7H,4-6,11H2,1-3H3,(H,12,13)/p-1. The summed E-state index contributed by atoms with van der Waals surface area (Å²) in [7, 11) is 0. The van der Waals surface area contributed by atoms with E-state index in [-0.39, 0.29) is 19.1 Å². The average molecular weight is 216 g/mol. The van der Waals surface area contributed by atoms with Crippen molar-refractivity contribution in [3.05, 3.63) is 0 Å². The van der Waals surface area contributed by atoms with Crippen LogP contribution < -0.4 is 10.8 Å². The highest BCUT2D eigenvalue weighted by Gasteiger charge is 2.34. The Morgan fingerprint density at radius 2 is 2.00 bits per heavy atom. The van der Waals surface area contributed by atoms with Gasteiger partial charge < -0.3 is 20.4 Å². The van der Waals surface area contributed by atoms with Crippen molar-refractivity contribution in [2.24, 2.45) is 11.1 Å². The van der Waals surface area contributed by atoms with E-state index in [0.29, 0.717) is 6.42 Å². The maximum Gasteiger partial charge on any atom is 0.317 e. The van der Waals surface area contributed by atoms with Gasteiger partial charge in [0.2, 0.25) is 0 Å². The number of rotatable bonds is 6. The Balaban J connectivity index is 4.36. The molecule has 15 heavy (non-hydrogen) atoms. The lowest BCUT2D eigenvalue weighted by Gasteiger charge is -2.27. The highest BCUT2D eigenvalue weighted by Crippen LogP contribution is 2.22. The van der Waals surface area contributed by atoms with Crippen LogP contribution in [0.15, 0.2) is 0 Å². The third-order valence-electron chi connectivity index (χ3n) is 2.56. The molecule has 0 aliphatic rings. The van der Waals surface area contributed by atoms with Crippen molar-refractivity contribution in [2.45, 2.75) is 39.7 Å². The largest absolute Gasteiger partial charge is 0.549 e. The molecular weight excluding hydrogens is 198 g/mol. The lowest BCUT2D eigenvalue weighted by molar-refractivity contribution is -0.317. The number of carbonyl (C=O) groups excluding carboxylic acids is 2. The van der Waals surface area contributed by atoms with Crippen LogP contribution in [0, 0.1) is 5.41 Å². The highest BCUT2D eigenvalue weighted by atomic mass is 16.5. The van der Waals surface area contributed by atoms with E-state index < -0.39 is 17.4 Å². The van der Waals surface area contributed by atoms with Gasteiger partial charge in [0.25, 0.3) is 0 Å². The summed E-state index contributed by atoms with van der Waals surface area (Å²) in [6, 6.07) is -0.253. The SMILES string of the molecule is CCC(N)COC(=O)C(C)(CC)C(=O)[O-]. The molecule has 2 N–H and O–H groups in total. The van der Waals surface area contributed by atoms with Crippen molar-refractivity contribution >= 4 is 11.9 Å². The number of carbonyl (C=O) groups is 2. The molecule has 5 nitrogen and oxygen atoms in total. The molecule has 0 rings (SSSR count). The predicted molar refractivity (Wildman–Crippen MR) is 52.6 cm³/mol. The minimum Gasteiger partial charge on any atom is -0.549 e. The molecule has 0 heterocycles. The van der Waals surface area contributed by atoms with Crippen LogP contribution in [0.2, 0.25) is 0 Å². The second-order valence-electron chi connectivity index (χ2n) is 3.74. The summed E-state index contributed by atoms with van der Waals surface area (Å²) in [6.07, 6.45) is 0.803. The molecule has 0 amide bonds. The van der Waals surface area contributed by atoms with Gasteiger partial charge in [0.1, 0.15) is 12.0 Å². The number of nitrogens with two attached hydrogens (primary N) is 1. The van der Waals surface area contributed by atoms with Crippen LogP contribution >= 0.6 is 0 Å². The van der Waals surface area contributed by atoms with Crippen molar-refractivity contribution in [3.63, 3.8) is 0 Å². The van der Waals surface area contributed by atoms with E-state index in [1.54, 1.807) is 6.92 Å². The van der Waals surface area contributed by atoms with Gasteiger partial charge in [-0.05, 0) is 19.8 Å². The Morgan fingerprint density at radius 3 is 2.33 bits per heavy atom. The summed E-state index contributed by atoms with van der Waals surface area (Å²) >= 11 is 0. The fourth-order valence-electron chi connectivity index (χ4n) is 0.832. The number of hydrogen-bond acceptors (Lipinski definition) is 5. The summed E-state index contributed by atoms with van der Waals surface area (Å²) in [6.45, 7) is 4.79. The Hall–Kier alpha value is -1.10. The molecule has 0 bridgehead atoms. The van der Waals surface area contributed by atoms with Crippen LogP contribution in [-0.4, -0.2) is 24.6 Å². The smallest absolute Gasteiger partial charge is 0.317 e. The molecule has 0 aromatic carbocycles. The topological polar surface area (TPSA) is 92.5 Å². The zero-order valence-corrected chi connectivity index (χ0v) is 9.41. The second-order valence-corrected chi connectivity index (χ2v) is 3.74. The molecule has 0 aliphatic carbocycles. The van der Waals surface area contributed by atoms with Crippen LogP contribution in [0.5, 0.6) is 0 Å². The number of aliphatic carboxylic acids is 1. The van der Waals surface area contributed by atoms with Crippen LogP contribution in [0.25, 0.3) is 0 Å². The zero-order valence-electron chi connectivity index (χ0n) is 9.41. The van der Waals surface area contributed by atoms with Gasteiger partial charge in [0, 0.05) is 6.04 Å². The van der Waals surface area contributed by atoms with Gasteiger partial charge in [0.15, 0.2) is 0 Å². The molecule has 0 aliphatic heterocycles. The summed E-state index contributed by atoms with van der Waals surface area (Å²) in [4.78, 5) is 22.2. The van der Waals surface area contributed by atoms with Crippen molar-refractivity contribution in [2.75, 3.05) is 6.61 Å². The third kappa shape index (κ3) is 3.51. The molecule has 2 unspecified atom stereocenters. The molecule has 0 spiro atoms. The zero-order chi connectivity index (χ0) is 12.1. The van der Waals surface area contributed by atoms with E-state index in [1.807, 2.05) is 6.92 Å². The molecule has 0 saturated heterocycles. The minimum absolute atomic E-state index is 0.0399. The molecular formula is C10H18NO4-. The van der Waals surface area contributed by atoms with Gasteiger partial charge in [-0.15, -0.1) is 0 Å². The van der Waals surface area contributed by atoms with Gasteiger partial charge in [-0.3, -0.25) is 4.79 Å². The van der Waals surface area contributed by atoms with Gasteiger partial charge in [-0.1, -0.05) is 13.8 Å². The first-order valence-corrected chi connectivity index (χ1v) is 5.02. The molecule has 0 aromatic rings. The summed E-state index contributed by atoms with van der Waals surface area (Å²) in [5.74, 6) is -2.20. The summed E-state index contributed by atoms with van der Waals surface area (Å²) < 4.78 is 4.83. The fourth-order valence-corrected chi connectivity index (χ4v) is 0.832. The van der Waals surface area contributed by atoms with Gasteiger partial charge >= 0.3 is 5.97 Å². The first kappa shape index (κ1) is 13.9. The Bertz CT molecular complexity index is 242. The normalized spacial score (nSPS) is 16.5. The number of carboxylic acid groups (broad SMARTS) is 1. The summed E-state index contributed by atoms with van der Waals surface area (Å²) in [5.41, 5.74) is 3.97. The molecule has 0 fully saturated rings. The molecule has 0 saturated carbocycles. The van der Waals surface area contributed by atoms with Gasteiger partial charge in [0.05, 0.1) is 5.97 Å². The molecule has 0 radical (unpaired) electrons. The molecule has 5 heteroatoms. The predicted octanol–water partition coefficient (Wildman–Crippen LogP) is -0.567. The van der Waals surface area contributed by atoms with E-state index >= 15 is 0 Å². The summed E-state index contributed by atoms with van der Waals surface area (Å²) in [5, 5.41) is 10.8. The number of hydrogen-bond donors (Lipinski definition) is 1. The quantitative estimate of drug-likeness (QED) is 0.474. The molecule has 0 aromatic heterocycles. The van der Waals surface area contributed by atoms with E-state index in [2.05, 4.69) is 0 Å². The third-order valence-corrected chi connectivity index (χ3v) is 2.56. The van der Waals surface area contributed by atoms with Crippen molar-refractivity contribution in [1.29, 1.82) is 0 Å². The van der Waals surface area contributed by atoms with E-state index in [4.69, 9.17) is 10.5 Å². The van der Waals surface area contributed by atoms with Crippen molar-refractivity contribution in [3.8, 4) is 0 Å². The monoisotopic (exact) mass is 216 g/mol. The van der Waals surface area contributed by atoms with E-state index in [0.717, 1.165) is 0 Å². The van der Waals surface area contributed by atoms with Gasteiger partial charge in [-0.2, -0.15) is 0 Å². The maximum absolute atomic E-state index is 11.5. The van der Waals surface area contributed by atoms with Gasteiger partial charge in [-0.25, -0.2) is 0 Å². The maximum atomic E-state index is 11.5. The van der Waals surface area contributed by atoms with Crippen LogP contribution in [0.1, 0.15) is 33.6 Å². The van der Waals surface area contributed by atoms with E-state index in [1.165, 1.54) is 6.92 Å². The van der Waals surface area contributed by atoms with Crippen molar-refractivity contribution in [1.82, 2.24) is 0 Å². The minimum atomic E-state index is -1.58. The molecule has 88 valence electrons. The van der Waals surface area contributed by atoms with Crippen LogP contribution in [0.4, 0.5) is 0 Å². The van der Waals surface area contributed by atoms with Crippen LogP contribution in [-0.2, 0) is 14.3 Å². The lowest BCUT2D eigenvalue weighted by atomic mass is 9.88. The molecule has 2 atom stereocenters. The second kappa shape index (κ2) is 5.70. The number of carboxylic acids is 1. The number of esters is 1. The Kier molecular flexibility index (Phi) is 5.28. The first-order valence-electron chi connectivity index (χ1n) is 5.02.